The number of carboxylic acid groups (broad SMARTS) is 1. The molecular weight excluding hydrogens is 216 g/mol. The van der Waals surface area contributed by atoms with Crippen LogP contribution in [0.2, 0.25) is 0 Å². The van der Waals surface area contributed by atoms with Crippen molar-refractivity contribution < 1.29 is 14.3 Å². The Kier molecular flexibility index (Phi) is 2.47. The van der Waals surface area contributed by atoms with Gasteiger partial charge in [-0.05, 0) is 6.07 Å². The fourth-order valence-electron chi connectivity index (χ4n) is 1.41. The van der Waals surface area contributed by atoms with Gasteiger partial charge in [0.1, 0.15) is 5.58 Å². The van der Waals surface area contributed by atoms with Crippen LogP contribution in [0.1, 0.15) is 5.56 Å². The lowest BCUT2D eigenvalue weighted by Gasteiger charge is -1.96. The zero-order chi connectivity index (χ0) is 10.8. The molecule has 0 bridgehead atoms. The SMILES string of the molecule is O=C(O)C(=CCl)c1coc2ccccc12. The summed E-state index contributed by atoms with van der Waals surface area (Å²) in [6.07, 6.45) is 1.40. The van der Waals surface area contributed by atoms with Gasteiger partial charge in [-0.25, -0.2) is 4.79 Å². The molecule has 4 heteroatoms. The average molecular weight is 223 g/mol. The summed E-state index contributed by atoms with van der Waals surface area (Å²) < 4.78 is 5.22. The van der Waals surface area contributed by atoms with Crippen LogP contribution in [0.3, 0.4) is 0 Å². The molecule has 0 fully saturated rings. The molecule has 0 saturated heterocycles. The van der Waals surface area contributed by atoms with E-state index in [0.29, 0.717) is 11.1 Å². The molecule has 2 rings (SSSR count). The van der Waals surface area contributed by atoms with Crippen LogP contribution in [0, 0.1) is 0 Å². The predicted octanol–water partition coefficient (Wildman–Crippen LogP) is 3.10. The van der Waals surface area contributed by atoms with Gasteiger partial charge in [-0.15, -0.1) is 0 Å². The zero-order valence-corrected chi connectivity index (χ0v) is 8.36. The van der Waals surface area contributed by atoms with Crippen LogP contribution in [0.5, 0.6) is 0 Å². The Labute approximate surface area is 90.6 Å². The van der Waals surface area contributed by atoms with Crippen molar-refractivity contribution in [1.82, 2.24) is 0 Å². The summed E-state index contributed by atoms with van der Waals surface area (Å²) >= 11 is 5.47. The highest BCUT2D eigenvalue weighted by Gasteiger charge is 2.15. The summed E-state index contributed by atoms with van der Waals surface area (Å²) in [6.45, 7) is 0. The number of benzene rings is 1. The average Bonchev–Trinajstić information content (AvgIpc) is 2.63. The first kappa shape index (κ1) is 9.80. The smallest absolute Gasteiger partial charge is 0.337 e. The van der Waals surface area contributed by atoms with E-state index in [2.05, 4.69) is 0 Å². The number of halogens is 1. The van der Waals surface area contributed by atoms with Crippen LogP contribution in [0.4, 0.5) is 0 Å². The lowest BCUT2D eigenvalue weighted by atomic mass is 10.1. The van der Waals surface area contributed by atoms with Crippen LogP contribution in [-0.2, 0) is 4.79 Å². The molecule has 1 heterocycles. The maximum atomic E-state index is 10.9. The van der Waals surface area contributed by atoms with Gasteiger partial charge in [0.25, 0.3) is 0 Å². The third-order valence-electron chi connectivity index (χ3n) is 2.11. The fraction of sp³-hybridized carbons (Fsp3) is 0. The van der Waals surface area contributed by atoms with Crippen molar-refractivity contribution in [2.45, 2.75) is 0 Å². The van der Waals surface area contributed by atoms with Crippen molar-refractivity contribution >= 4 is 34.1 Å². The maximum absolute atomic E-state index is 10.9. The van der Waals surface area contributed by atoms with E-state index in [1.807, 2.05) is 12.1 Å². The minimum Gasteiger partial charge on any atom is -0.478 e. The van der Waals surface area contributed by atoms with Crippen molar-refractivity contribution in [3.8, 4) is 0 Å². The molecule has 15 heavy (non-hydrogen) atoms. The Balaban J connectivity index is 2.67. The van der Waals surface area contributed by atoms with Gasteiger partial charge < -0.3 is 9.52 Å². The van der Waals surface area contributed by atoms with Gasteiger partial charge in [-0.2, -0.15) is 0 Å². The zero-order valence-electron chi connectivity index (χ0n) is 7.61. The highest BCUT2D eigenvalue weighted by molar-refractivity contribution is 6.35. The third-order valence-corrected chi connectivity index (χ3v) is 2.33. The van der Waals surface area contributed by atoms with Crippen LogP contribution in [0.15, 0.2) is 40.5 Å². The topological polar surface area (TPSA) is 50.4 Å². The van der Waals surface area contributed by atoms with Gasteiger partial charge >= 0.3 is 5.97 Å². The second-order valence-electron chi connectivity index (χ2n) is 2.97. The summed E-state index contributed by atoms with van der Waals surface area (Å²) in [5, 5.41) is 9.65. The molecule has 0 spiro atoms. The van der Waals surface area contributed by atoms with Gasteiger partial charge in [0.2, 0.25) is 0 Å². The molecule has 1 aromatic heterocycles. The van der Waals surface area contributed by atoms with Gasteiger partial charge in [-0.3, -0.25) is 0 Å². The predicted molar refractivity (Wildman–Crippen MR) is 57.7 cm³/mol. The van der Waals surface area contributed by atoms with Crippen molar-refractivity contribution in [3.05, 3.63) is 41.6 Å². The van der Waals surface area contributed by atoms with Crippen LogP contribution in [0.25, 0.3) is 16.5 Å². The Morgan fingerprint density at radius 2 is 2.13 bits per heavy atom. The van der Waals surface area contributed by atoms with Gasteiger partial charge in [0.15, 0.2) is 0 Å². The van der Waals surface area contributed by atoms with Crippen molar-refractivity contribution in [3.63, 3.8) is 0 Å². The largest absolute Gasteiger partial charge is 0.478 e. The Morgan fingerprint density at radius 1 is 1.40 bits per heavy atom. The van der Waals surface area contributed by atoms with Gasteiger partial charge in [0.05, 0.1) is 11.8 Å². The van der Waals surface area contributed by atoms with E-state index in [9.17, 15) is 4.79 Å². The molecule has 1 aromatic carbocycles. The molecule has 0 aliphatic rings. The van der Waals surface area contributed by atoms with E-state index in [0.717, 1.165) is 10.9 Å². The molecule has 0 aliphatic heterocycles. The lowest BCUT2D eigenvalue weighted by molar-refractivity contribution is -0.130. The Bertz CT molecular complexity index is 540. The maximum Gasteiger partial charge on any atom is 0.337 e. The summed E-state index contributed by atoms with van der Waals surface area (Å²) in [7, 11) is 0. The van der Waals surface area contributed by atoms with Crippen molar-refractivity contribution in [2.24, 2.45) is 0 Å². The number of hydrogen-bond donors (Lipinski definition) is 1. The molecule has 0 radical (unpaired) electrons. The van der Waals surface area contributed by atoms with Crippen molar-refractivity contribution in [1.29, 1.82) is 0 Å². The monoisotopic (exact) mass is 222 g/mol. The first-order valence-electron chi connectivity index (χ1n) is 4.24. The van der Waals surface area contributed by atoms with E-state index >= 15 is 0 Å². The number of carbonyl (C=O) groups is 1. The fourth-order valence-corrected chi connectivity index (χ4v) is 1.62. The molecule has 0 atom stereocenters. The number of furan rings is 1. The first-order valence-corrected chi connectivity index (χ1v) is 4.68. The molecule has 0 aliphatic carbocycles. The van der Waals surface area contributed by atoms with Gasteiger partial charge in [0, 0.05) is 16.5 Å². The quantitative estimate of drug-likeness (QED) is 0.795. The molecular formula is C11H7ClO3. The summed E-state index contributed by atoms with van der Waals surface area (Å²) in [5.41, 5.74) is 2.21. The van der Waals surface area contributed by atoms with E-state index in [-0.39, 0.29) is 5.57 Å². The second-order valence-corrected chi connectivity index (χ2v) is 3.19. The normalized spacial score (nSPS) is 11.9. The van der Waals surface area contributed by atoms with Crippen molar-refractivity contribution in [2.75, 3.05) is 0 Å². The van der Waals surface area contributed by atoms with E-state index in [1.165, 1.54) is 6.26 Å². The molecule has 0 amide bonds. The van der Waals surface area contributed by atoms with Gasteiger partial charge in [-0.1, -0.05) is 29.8 Å². The Morgan fingerprint density at radius 3 is 2.80 bits per heavy atom. The summed E-state index contributed by atoms with van der Waals surface area (Å²) in [5.74, 6) is -1.07. The number of rotatable bonds is 2. The highest BCUT2D eigenvalue weighted by atomic mass is 35.5. The molecule has 0 saturated carbocycles. The number of para-hydroxylation sites is 1. The molecule has 0 unspecified atom stereocenters. The molecule has 1 N–H and O–H groups in total. The van der Waals surface area contributed by atoms with E-state index < -0.39 is 5.97 Å². The second kappa shape index (κ2) is 3.79. The van der Waals surface area contributed by atoms with E-state index in [1.54, 1.807) is 12.1 Å². The molecule has 2 aromatic rings. The summed E-state index contributed by atoms with van der Waals surface area (Å²) in [4.78, 5) is 10.9. The van der Waals surface area contributed by atoms with Crippen LogP contribution >= 0.6 is 11.6 Å². The standard InChI is InChI=1S/C11H7ClO3/c12-5-8(11(13)14)9-6-15-10-4-2-1-3-7(9)10/h1-6H,(H,13,14). The third kappa shape index (κ3) is 1.62. The number of carboxylic acids is 1. The van der Waals surface area contributed by atoms with Crippen LogP contribution < -0.4 is 0 Å². The highest BCUT2D eigenvalue weighted by Crippen LogP contribution is 2.27. The Hall–Kier alpha value is -1.74. The number of fused-ring (bicyclic) bond motifs is 1. The first-order chi connectivity index (χ1) is 7.24. The number of aliphatic carboxylic acids is 1. The lowest BCUT2D eigenvalue weighted by Crippen LogP contribution is -1.97. The van der Waals surface area contributed by atoms with Crippen LogP contribution in [-0.4, -0.2) is 11.1 Å². The minimum atomic E-state index is -1.07. The molecule has 3 nitrogen and oxygen atoms in total. The summed E-state index contributed by atoms with van der Waals surface area (Å²) in [6, 6.07) is 7.19. The number of hydrogen-bond acceptors (Lipinski definition) is 2. The van der Waals surface area contributed by atoms with E-state index in [4.69, 9.17) is 21.1 Å². The minimum absolute atomic E-state index is 0.0293. The molecule has 76 valence electrons.